The molecule has 5 nitrogen and oxygen atoms in total. The number of nitrogens with zero attached hydrogens (tertiary/aromatic N) is 2. The van der Waals surface area contributed by atoms with Crippen LogP contribution in [-0.2, 0) is 22.7 Å². The highest BCUT2D eigenvalue weighted by Crippen LogP contribution is 2.32. The molecule has 0 aliphatic carbocycles. The molecule has 0 unspecified atom stereocenters. The molecular weight excluding hydrogens is 355 g/mol. The van der Waals surface area contributed by atoms with Crippen LogP contribution in [0.4, 0.5) is 13.2 Å². The summed E-state index contributed by atoms with van der Waals surface area (Å²) in [6.07, 6.45) is -1.64. The fourth-order valence-electron chi connectivity index (χ4n) is 2.45. The molecule has 0 saturated carbocycles. The van der Waals surface area contributed by atoms with Crippen molar-refractivity contribution in [2.45, 2.75) is 12.7 Å². The maximum Gasteiger partial charge on any atom is 0.416 e. The van der Waals surface area contributed by atoms with Gasteiger partial charge in [-0.2, -0.15) is 13.2 Å². The normalized spacial score (nSPS) is 12.6. The van der Waals surface area contributed by atoms with Crippen molar-refractivity contribution in [1.82, 2.24) is 14.1 Å². The molecule has 0 amide bonds. The van der Waals surface area contributed by atoms with E-state index in [9.17, 15) is 21.6 Å². The number of imidazole rings is 1. The maximum absolute atomic E-state index is 12.7. The Labute approximate surface area is 142 Å². The average molecular weight is 369 g/mol. The molecule has 1 aromatic carbocycles. The van der Waals surface area contributed by atoms with Crippen LogP contribution in [0.5, 0.6) is 0 Å². The zero-order chi connectivity index (χ0) is 18.2. The lowest BCUT2D eigenvalue weighted by atomic mass is 10.1. The van der Waals surface area contributed by atoms with Gasteiger partial charge in [0.15, 0.2) is 0 Å². The second kappa shape index (κ2) is 6.16. The van der Waals surface area contributed by atoms with Crippen LogP contribution < -0.4 is 4.72 Å². The van der Waals surface area contributed by atoms with Gasteiger partial charge in [0.05, 0.1) is 29.6 Å². The molecule has 1 N–H and O–H groups in total. The Morgan fingerprint density at radius 2 is 1.80 bits per heavy atom. The van der Waals surface area contributed by atoms with Crippen LogP contribution in [0.1, 0.15) is 11.4 Å². The molecule has 0 aliphatic heterocycles. The van der Waals surface area contributed by atoms with Crippen molar-refractivity contribution < 1.29 is 21.6 Å². The third-order valence-electron chi connectivity index (χ3n) is 3.60. The van der Waals surface area contributed by atoms with E-state index >= 15 is 0 Å². The molecule has 0 atom stereocenters. The van der Waals surface area contributed by atoms with E-state index in [4.69, 9.17) is 0 Å². The largest absolute Gasteiger partial charge is 0.416 e. The minimum atomic E-state index is -4.40. The second-order valence-corrected chi connectivity index (χ2v) is 7.33. The fourth-order valence-corrected chi connectivity index (χ4v) is 2.84. The van der Waals surface area contributed by atoms with Crippen molar-refractivity contribution in [3.63, 3.8) is 0 Å². The van der Waals surface area contributed by atoms with Gasteiger partial charge >= 0.3 is 6.18 Å². The van der Waals surface area contributed by atoms with Gasteiger partial charge in [0, 0.05) is 11.8 Å². The van der Waals surface area contributed by atoms with Crippen molar-refractivity contribution in [2.75, 3.05) is 6.26 Å². The molecule has 0 aliphatic rings. The van der Waals surface area contributed by atoms with Gasteiger partial charge in [0.25, 0.3) is 0 Å². The van der Waals surface area contributed by atoms with Crippen LogP contribution in [0.2, 0.25) is 0 Å². The first kappa shape index (κ1) is 17.4. The van der Waals surface area contributed by atoms with Gasteiger partial charge < -0.3 is 4.40 Å². The second-order valence-electron chi connectivity index (χ2n) is 5.50. The number of fused-ring (bicyclic) bond motifs is 1. The first-order valence-electron chi connectivity index (χ1n) is 7.23. The average Bonchev–Trinajstić information content (AvgIpc) is 2.90. The van der Waals surface area contributed by atoms with Crippen molar-refractivity contribution in [1.29, 1.82) is 0 Å². The van der Waals surface area contributed by atoms with Crippen LogP contribution in [-0.4, -0.2) is 24.1 Å². The van der Waals surface area contributed by atoms with Gasteiger partial charge in [-0.1, -0.05) is 18.2 Å². The zero-order valence-corrected chi connectivity index (χ0v) is 13.9. The summed E-state index contributed by atoms with van der Waals surface area (Å²) in [5.41, 5.74) is 0.938. The van der Waals surface area contributed by atoms with E-state index in [1.807, 2.05) is 0 Å². The molecule has 0 radical (unpaired) electrons. The van der Waals surface area contributed by atoms with E-state index in [-0.39, 0.29) is 6.54 Å². The van der Waals surface area contributed by atoms with Crippen molar-refractivity contribution >= 4 is 15.5 Å². The quantitative estimate of drug-likeness (QED) is 0.769. The number of halogens is 3. The predicted molar refractivity (Wildman–Crippen MR) is 87.3 cm³/mol. The fraction of sp³-hybridized carbons (Fsp3) is 0.188. The van der Waals surface area contributed by atoms with Crippen molar-refractivity contribution in [3.05, 3.63) is 60.0 Å². The number of rotatable bonds is 4. The minimum Gasteiger partial charge on any atom is -0.302 e. The predicted octanol–water partition coefficient (Wildman–Crippen LogP) is 3.07. The Balaban J connectivity index is 2.04. The SMILES string of the molecule is CS(=O)(=O)NCc1nc(-c2ccc(C(F)(F)F)cc2)c2ccccn12. The first-order chi connectivity index (χ1) is 11.6. The Hall–Kier alpha value is -2.39. The molecular formula is C16H14F3N3O2S. The Kier molecular flexibility index (Phi) is 4.29. The maximum atomic E-state index is 12.7. The van der Waals surface area contributed by atoms with E-state index in [1.165, 1.54) is 12.1 Å². The third kappa shape index (κ3) is 3.83. The number of sulfonamides is 1. The Bertz CT molecular complexity index is 1010. The molecule has 3 aromatic rings. The third-order valence-corrected chi connectivity index (χ3v) is 4.27. The van der Waals surface area contributed by atoms with Crippen LogP contribution in [0.15, 0.2) is 48.7 Å². The lowest BCUT2D eigenvalue weighted by molar-refractivity contribution is -0.137. The molecule has 3 rings (SSSR count). The van der Waals surface area contributed by atoms with Crippen LogP contribution in [0.25, 0.3) is 16.8 Å². The van der Waals surface area contributed by atoms with E-state index < -0.39 is 21.8 Å². The zero-order valence-electron chi connectivity index (χ0n) is 13.1. The Morgan fingerprint density at radius 3 is 2.40 bits per heavy atom. The summed E-state index contributed by atoms with van der Waals surface area (Å²) in [4.78, 5) is 4.41. The number of benzene rings is 1. The molecule has 0 saturated heterocycles. The summed E-state index contributed by atoms with van der Waals surface area (Å²) in [5, 5.41) is 0. The highest BCUT2D eigenvalue weighted by atomic mass is 32.2. The summed E-state index contributed by atoms with van der Waals surface area (Å²) < 4.78 is 64.8. The topological polar surface area (TPSA) is 63.5 Å². The van der Waals surface area contributed by atoms with E-state index in [0.717, 1.165) is 18.4 Å². The molecule has 0 spiro atoms. The molecule has 2 aromatic heterocycles. The monoisotopic (exact) mass is 369 g/mol. The van der Waals surface area contributed by atoms with Crippen LogP contribution in [0, 0.1) is 0 Å². The number of aromatic nitrogens is 2. The number of hydrogen-bond acceptors (Lipinski definition) is 3. The lowest BCUT2D eigenvalue weighted by Crippen LogP contribution is -2.22. The number of pyridine rings is 1. The summed E-state index contributed by atoms with van der Waals surface area (Å²) >= 11 is 0. The lowest BCUT2D eigenvalue weighted by Gasteiger charge is -2.06. The number of hydrogen-bond donors (Lipinski definition) is 1. The summed E-state index contributed by atoms with van der Waals surface area (Å²) in [6, 6.07) is 10.0. The molecule has 0 bridgehead atoms. The first-order valence-corrected chi connectivity index (χ1v) is 9.12. The van der Waals surface area contributed by atoms with Gasteiger partial charge in [0.2, 0.25) is 10.0 Å². The highest BCUT2D eigenvalue weighted by Gasteiger charge is 2.30. The van der Waals surface area contributed by atoms with Crippen LogP contribution >= 0.6 is 0 Å². The van der Waals surface area contributed by atoms with E-state index in [1.54, 1.807) is 28.8 Å². The van der Waals surface area contributed by atoms with Gasteiger partial charge in [-0.15, -0.1) is 0 Å². The van der Waals surface area contributed by atoms with Gasteiger partial charge in [-0.05, 0) is 24.3 Å². The van der Waals surface area contributed by atoms with E-state index in [2.05, 4.69) is 9.71 Å². The number of nitrogens with one attached hydrogen (secondary N) is 1. The smallest absolute Gasteiger partial charge is 0.302 e. The summed E-state index contributed by atoms with van der Waals surface area (Å²) in [6.45, 7) is -0.0232. The van der Waals surface area contributed by atoms with Gasteiger partial charge in [-0.25, -0.2) is 18.1 Å². The summed E-state index contributed by atoms with van der Waals surface area (Å²) in [5.74, 6) is 0.441. The van der Waals surface area contributed by atoms with Crippen molar-refractivity contribution in [3.8, 4) is 11.3 Å². The molecule has 0 fully saturated rings. The van der Waals surface area contributed by atoms with Gasteiger partial charge in [-0.3, -0.25) is 0 Å². The highest BCUT2D eigenvalue weighted by molar-refractivity contribution is 7.88. The molecule has 132 valence electrons. The molecule has 25 heavy (non-hydrogen) atoms. The van der Waals surface area contributed by atoms with Gasteiger partial charge in [0.1, 0.15) is 5.82 Å². The number of alkyl halides is 3. The minimum absolute atomic E-state index is 0.0232. The summed E-state index contributed by atoms with van der Waals surface area (Å²) in [7, 11) is -3.40. The van der Waals surface area contributed by atoms with E-state index in [0.29, 0.717) is 22.6 Å². The molecule has 9 heteroatoms. The molecule has 2 heterocycles. The van der Waals surface area contributed by atoms with Crippen molar-refractivity contribution in [2.24, 2.45) is 0 Å². The standard InChI is InChI=1S/C16H14F3N3O2S/c1-25(23,24)20-10-14-21-15(13-4-2-3-9-22(13)14)11-5-7-12(8-6-11)16(17,18)19/h2-9,20H,10H2,1H3. The van der Waals surface area contributed by atoms with Crippen LogP contribution in [0.3, 0.4) is 0 Å². The Morgan fingerprint density at radius 1 is 1.12 bits per heavy atom.